The highest BCUT2D eigenvalue weighted by molar-refractivity contribution is 5.89. The Kier molecular flexibility index (Phi) is 5.38. The normalized spacial score (nSPS) is 15.1. The van der Waals surface area contributed by atoms with Gasteiger partial charge in [0.2, 0.25) is 5.95 Å². The largest absolute Gasteiger partial charge is 0.342 e. The summed E-state index contributed by atoms with van der Waals surface area (Å²) in [6, 6.07) is 14.2. The summed E-state index contributed by atoms with van der Waals surface area (Å²) in [5, 5.41) is 5.69. The minimum Gasteiger partial charge on any atom is -0.342 e. The Balaban J connectivity index is 1.39. The lowest BCUT2D eigenvalue weighted by atomic mass is 10.1. The molecule has 3 aromatic rings. The van der Waals surface area contributed by atoms with Crippen LogP contribution >= 0.6 is 0 Å². The predicted molar refractivity (Wildman–Crippen MR) is 114 cm³/mol. The van der Waals surface area contributed by atoms with E-state index in [1.54, 1.807) is 12.1 Å². The van der Waals surface area contributed by atoms with E-state index in [1.165, 1.54) is 12.1 Å². The highest BCUT2D eigenvalue weighted by Crippen LogP contribution is 2.28. The van der Waals surface area contributed by atoms with Crippen LogP contribution in [0.25, 0.3) is 11.0 Å². The maximum Gasteiger partial charge on any atom is 0.319 e. The first kappa shape index (κ1) is 19.2. The second-order valence-corrected chi connectivity index (χ2v) is 7.73. The quantitative estimate of drug-likeness (QED) is 0.681. The van der Waals surface area contributed by atoms with E-state index < -0.39 is 0 Å². The van der Waals surface area contributed by atoms with Gasteiger partial charge in [0, 0.05) is 30.9 Å². The first-order valence-electron chi connectivity index (χ1n) is 10.1. The van der Waals surface area contributed by atoms with E-state index in [0.29, 0.717) is 11.7 Å². The molecule has 0 radical (unpaired) electrons. The number of piperidine rings is 1. The second kappa shape index (κ2) is 8.11. The van der Waals surface area contributed by atoms with Crippen LogP contribution in [0.2, 0.25) is 0 Å². The second-order valence-electron chi connectivity index (χ2n) is 7.73. The molecule has 1 aliphatic rings. The van der Waals surface area contributed by atoms with E-state index in [9.17, 15) is 9.18 Å². The van der Waals surface area contributed by atoms with E-state index in [2.05, 4.69) is 40.0 Å². The molecule has 2 N–H and O–H groups in total. The topological polar surface area (TPSA) is 62.2 Å². The van der Waals surface area contributed by atoms with E-state index in [-0.39, 0.29) is 17.9 Å². The van der Waals surface area contributed by atoms with Gasteiger partial charge in [-0.3, -0.25) is 0 Å². The number of benzene rings is 2. The van der Waals surface area contributed by atoms with Crippen molar-refractivity contribution in [1.29, 1.82) is 0 Å². The lowest BCUT2D eigenvalue weighted by molar-refractivity contribution is 0.246. The number of nitrogens with zero attached hydrogens (tertiary/aromatic N) is 3. The van der Waals surface area contributed by atoms with Gasteiger partial charge in [0.1, 0.15) is 5.82 Å². The summed E-state index contributed by atoms with van der Waals surface area (Å²) in [6.45, 7) is 5.98. The number of aromatic nitrogens is 2. The van der Waals surface area contributed by atoms with Gasteiger partial charge in [0.15, 0.2) is 0 Å². The van der Waals surface area contributed by atoms with Gasteiger partial charge in [-0.2, -0.15) is 0 Å². The van der Waals surface area contributed by atoms with E-state index in [1.807, 2.05) is 18.2 Å². The summed E-state index contributed by atoms with van der Waals surface area (Å²) >= 11 is 0. The molecule has 7 heteroatoms. The van der Waals surface area contributed by atoms with Crippen LogP contribution < -0.4 is 15.5 Å². The molecule has 0 bridgehead atoms. The minimum atomic E-state index is -0.371. The van der Waals surface area contributed by atoms with Gasteiger partial charge in [0.05, 0.1) is 11.0 Å². The average molecular weight is 395 g/mol. The molecule has 1 fully saturated rings. The first-order chi connectivity index (χ1) is 14.0. The summed E-state index contributed by atoms with van der Waals surface area (Å²) in [5.74, 6) is 0.619. The van der Waals surface area contributed by atoms with Crippen LogP contribution in [0.5, 0.6) is 0 Å². The number of hydrogen-bond acceptors (Lipinski definition) is 3. The number of amides is 2. The van der Waals surface area contributed by atoms with E-state index >= 15 is 0 Å². The van der Waals surface area contributed by atoms with Crippen molar-refractivity contribution in [3.8, 4) is 0 Å². The van der Waals surface area contributed by atoms with Crippen LogP contribution in [0.15, 0.2) is 48.5 Å². The lowest BCUT2D eigenvalue weighted by Crippen LogP contribution is -2.46. The van der Waals surface area contributed by atoms with Crippen molar-refractivity contribution >= 4 is 28.7 Å². The zero-order chi connectivity index (χ0) is 20.4. The Hall–Kier alpha value is -3.09. The summed E-state index contributed by atoms with van der Waals surface area (Å²) in [6.07, 6.45) is 1.66. The molecule has 29 heavy (non-hydrogen) atoms. The molecule has 1 aliphatic heterocycles. The highest BCUT2D eigenvalue weighted by atomic mass is 19.1. The molecular weight excluding hydrogens is 369 g/mol. The minimum absolute atomic E-state index is 0.0803. The van der Waals surface area contributed by atoms with Crippen molar-refractivity contribution in [2.24, 2.45) is 0 Å². The fourth-order valence-electron chi connectivity index (χ4n) is 3.91. The number of fused-ring (bicyclic) bond motifs is 1. The molecule has 2 heterocycles. The number of halogens is 1. The molecule has 6 nitrogen and oxygen atoms in total. The van der Waals surface area contributed by atoms with Crippen molar-refractivity contribution in [3.63, 3.8) is 0 Å². The lowest BCUT2D eigenvalue weighted by Gasteiger charge is -2.34. The van der Waals surface area contributed by atoms with Crippen LogP contribution in [0, 0.1) is 5.82 Å². The van der Waals surface area contributed by atoms with Crippen molar-refractivity contribution in [2.75, 3.05) is 23.3 Å². The van der Waals surface area contributed by atoms with Crippen molar-refractivity contribution in [1.82, 2.24) is 14.9 Å². The maximum absolute atomic E-state index is 13.3. The molecule has 0 saturated carbocycles. The summed E-state index contributed by atoms with van der Waals surface area (Å²) in [4.78, 5) is 19.4. The molecule has 0 atom stereocenters. The number of rotatable bonds is 4. The molecule has 2 aromatic carbocycles. The molecular formula is C22H26FN5O. The molecule has 0 aliphatic carbocycles. The fraction of sp³-hybridized carbons (Fsp3) is 0.364. The molecule has 1 aromatic heterocycles. The molecule has 4 rings (SSSR count). The standard InChI is InChI=1S/C22H26FN5O/c1-15(2)28-20-9-4-3-8-19(20)26-22(28)27-12-10-17(11-13-27)24-21(29)25-18-7-5-6-16(23)14-18/h3-9,14-15,17H,10-13H2,1-2H3,(H2,24,25,29). The average Bonchev–Trinajstić information content (AvgIpc) is 3.08. The molecule has 1 saturated heterocycles. The summed E-state index contributed by atoms with van der Waals surface area (Å²) in [5.41, 5.74) is 2.60. The van der Waals surface area contributed by atoms with E-state index in [4.69, 9.17) is 4.98 Å². The number of carbonyl (C=O) groups excluding carboxylic acids is 1. The van der Waals surface area contributed by atoms with Crippen LogP contribution in [-0.2, 0) is 0 Å². The van der Waals surface area contributed by atoms with Gasteiger partial charge in [-0.1, -0.05) is 18.2 Å². The Morgan fingerprint density at radius 1 is 1.14 bits per heavy atom. The number of carbonyl (C=O) groups is 1. The monoisotopic (exact) mass is 395 g/mol. The van der Waals surface area contributed by atoms with Gasteiger partial charge in [0.25, 0.3) is 0 Å². The Bertz CT molecular complexity index is 1010. The molecule has 152 valence electrons. The zero-order valence-corrected chi connectivity index (χ0v) is 16.7. The first-order valence-corrected chi connectivity index (χ1v) is 10.1. The Morgan fingerprint density at radius 3 is 2.62 bits per heavy atom. The van der Waals surface area contributed by atoms with Gasteiger partial charge in [-0.15, -0.1) is 0 Å². The predicted octanol–water partition coefficient (Wildman–Crippen LogP) is 4.55. The third kappa shape index (κ3) is 4.18. The van der Waals surface area contributed by atoms with Gasteiger partial charge in [-0.05, 0) is 57.0 Å². The third-order valence-corrected chi connectivity index (χ3v) is 5.29. The molecule has 2 amide bonds. The highest BCUT2D eigenvalue weighted by Gasteiger charge is 2.25. The zero-order valence-electron chi connectivity index (χ0n) is 16.7. The van der Waals surface area contributed by atoms with Crippen LogP contribution in [-0.4, -0.2) is 34.7 Å². The number of nitrogens with one attached hydrogen (secondary N) is 2. The number of imidazole rings is 1. The van der Waals surface area contributed by atoms with Crippen molar-refractivity contribution in [3.05, 3.63) is 54.3 Å². The van der Waals surface area contributed by atoms with Gasteiger partial charge in [-0.25, -0.2) is 14.2 Å². The SMILES string of the molecule is CC(C)n1c(N2CCC(NC(=O)Nc3cccc(F)c3)CC2)nc2ccccc21. The third-order valence-electron chi connectivity index (χ3n) is 5.29. The molecule has 0 unspecified atom stereocenters. The number of anilines is 2. The summed E-state index contributed by atoms with van der Waals surface area (Å²) in [7, 11) is 0. The Labute approximate surface area is 169 Å². The van der Waals surface area contributed by atoms with Crippen molar-refractivity contribution in [2.45, 2.75) is 38.8 Å². The Morgan fingerprint density at radius 2 is 1.90 bits per heavy atom. The number of hydrogen-bond donors (Lipinski definition) is 2. The van der Waals surface area contributed by atoms with Crippen molar-refractivity contribution < 1.29 is 9.18 Å². The van der Waals surface area contributed by atoms with Crippen LogP contribution in [0.4, 0.5) is 20.8 Å². The number of urea groups is 1. The van der Waals surface area contributed by atoms with E-state index in [0.717, 1.165) is 42.9 Å². The summed E-state index contributed by atoms with van der Waals surface area (Å²) < 4.78 is 15.5. The smallest absolute Gasteiger partial charge is 0.319 e. The van der Waals surface area contributed by atoms with Gasteiger partial charge < -0.3 is 20.1 Å². The van der Waals surface area contributed by atoms with Crippen LogP contribution in [0.3, 0.4) is 0 Å². The van der Waals surface area contributed by atoms with Crippen LogP contribution in [0.1, 0.15) is 32.7 Å². The fourth-order valence-corrected chi connectivity index (χ4v) is 3.91. The number of para-hydroxylation sites is 2. The van der Waals surface area contributed by atoms with Gasteiger partial charge >= 0.3 is 6.03 Å². The maximum atomic E-state index is 13.3. The molecule has 0 spiro atoms.